The van der Waals surface area contributed by atoms with Gasteiger partial charge in [-0.2, -0.15) is 10.2 Å². The van der Waals surface area contributed by atoms with Crippen LogP contribution in [0.25, 0.3) is 0 Å². The van der Waals surface area contributed by atoms with Gasteiger partial charge in [-0.15, -0.1) is 15.3 Å². The number of hydrazine groups is 1. The first-order chi connectivity index (χ1) is 6.63. The normalized spacial score (nSPS) is 8.86. The molecule has 2 N–H and O–H groups in total. The molecule has 0 aliphatic rings. The highest BCUT2D eigenvalue weighted by molar-refractivity contribution is 5.46. The molecule has 0 bridgehead atoms. The van der Waals surface area contributed by atoms with E-state index in [0.717, 1.165) is 0 Å². The van der Waals surface area contributed by atoms with E-state index in [-0.39, 0.29) is 5.69 Å². The van der Waals surface area contributed by atoms with Gasteiger partial charge in [0.05, 0.1) is 17.3 Å². The van der Waals surface area contributed by atoms with Crippen LogP contribution in [-0.2, 0) is 4.94 Å². The largest absolute Gasteiger partial charge is 0.318 e. The standard InChI is InChI=1S/C7H6N4O3/c8-5-6-1-3-7(4-2-6)10(9)14-11(12)13/h1-4H,9H2. The monoisotopic (exact) mass is 194 g/mol. The first-order valence-electron chi connectivity index (χ1n) is 3.51. The Morgan fingerprint density at radius 3 is 2.50 bits per heavy atom. The number of hydrogen-bond acceptors (Lipinski definition) is 6. The van der Waals surface area contributed by atoms with Crippen molar-refractivity contribution >= 4 is 5.69 Å². The summed E-state index contributed by atoms with van der Waals surface area (Å²) in [5.74, 6) is 5.17. The summed E-state index contributed by atoms with van der Waals surface area (Å²) >= 11 is 0. The summed E-state index contributed by atoms with van der Waals surface area (Å²) in [6.45, 7) is 0. The van der Waals surface area contributed by atoms with E-state index in [1.54, 1.807) is 0 Å². The van der Waals surface area contributed by atoms with Gasteiger partial charge in [-0.3, -0.25) is 0 Å². The minimum atomic E-state index is -1.03. The van der Waals surface area contributed by atoms with Crippen LogP contribution in [0.4, 0.5) is 5.69 Å². The van der Waals surface area contributed by atoms with Gasteiger partial charge in [-0.1, -0.05) is 0 Å². The maximum atomic E-state index is 9.92. The average molecular weight is 194 g/mol. The molecule has 0 aliphatic carbocycles. The molecule has 0 aliphatic heterocycles. The summed E-state index contributed by atoms with van der Waals surface area (Å²) in [5, 5.41) is 17.9. The fourth-order valence-corrected chi connectivity index (χ4v) is 0.802. The predicted molar refractivity (Wildman–Crippen MR) is 45.9 cm³/mol. The number of rotatable bonds is 3. The maximum absolute atomic E-state index is 9.92. The van der Waals surface area contributed by atoms with Crippen molar-refractivity contribution in [3.63, 3.8) is 0 Å². The maximum Gasteiger partial charge on any atom is 0.318 e. The molecule has 0 amide bonds. The summed E-state index contributed by atoms with van der Waals surface area (Å²) in [4.78, 5) is 13.9. The lowest BCUT2D eigenvalue weighted by Crippen LogP contribution is -2.33. The van der Waals surface area contributed by atoms with E-state index in [1.165, 1.54) is 24.3 Å². The van der Waals surface area contributed by atoms with Crippen molar-refractivity contribution in [1.82, 2.24) is 0 Å². The van der Waals surface area contributed by atoms with Crippen LogP contribution in [0.15, 0.2) is 24.3 Å². The Kier molecular flexibility index (Phi) is 2.83. The smallest absolute Gasteiger partial charge is 0.223 e. The van der Waals surface area contributed by atoms with Gasteiger partial charge >= 0.3 is 5.09 Å². The molecular formula is C7H6N4O3. The molecule has 0 saturated heterocycles. The van der Waals surface area contributed by atoms with Crippen molar-refractivity contribution in [3.05, 3.63) is 39.9 Å². The zero-order chi connectivity index (χ0) is 10.6. The molecule has 7 heteroatoms. The van der Waals surface area contributed by atoms with Crippen LogP contribution in [0, 0.1) is 21.4 Å². The molecule has 1 aromatic rings. The van der Waals surface area contributed by atoms with E-state index in [0.29, 0.717) is 10.7 Å². The molecular weight excluding hydrogens is 188 g/mol. The molecule has 0 aromatic heterocycles. The first-order valence-corrected chi connectivity index (χ1v) is 3.51. The first kappa shape index (κ1) is 9.76. The van der Waals surface area contributed by atoms with E-state index in [1.807, 2.05) is 6.07 Å². The number of hydrogen-bond donors (Lipinski definition) is 1. The van der Waals surface area contributed by atoms with Crippen LogP contribution >= 0.6 is 0 Å². The van der Waals surface area contributed by atoms with Crippen molar-refractivity contribution in [3.8, 4) is 6.07 Å². The second-order valence-electron chi connectivity index (χ2n) is 2.29. The molecule has 0 atom stereocenters. The van der Waals surface area contributed by atoms with Gasteiger partial charge in [0.2, 0.25) is 0 Å². The third-order valence-corrected chi connectivity index (χ3v) is 1.41. The zero-order valence-electron chi connectivity index (χ0n) is 6.95. The Balaban J connectivity index is 2.77. The Hall–Kier alpha value is -2.33. The second kappa shape index (κ2) is 4.06. The van der Waals surface area contributed by atoms with Gasteiger partial charge in [0.1, 0.15) is 0 Å². The molecule has 1 rings (SSSR count). The Labute approximate surface area is 78.9 Å². The van der Waals surface area contributed by atoms with Crippen LogP contribution in [0.3, 0.4) is 0 Å². The summed E-state index contributed by atoms with van der Waals surface area (Å²) in [6.07, 6.45) is 0. The van der Waals surface area contributed by atoms with Gasteiger partial charge < -0.3 is 0 Å². The lowest BCUT2D eigenvalue weighted by molar-refractivity contribution is -0.762. The number of benzene rings is 1. The minimum absolute atomic E-state index is 0.278. The molecule has 7 nitrogen and oxygen atoms in total. The summed E-state index contributed by atoms with van der Waals surface area (Å²) in [6, 6.07) is 7.71. The number of anilines is 1. The highest BCUT2D eigenvalue weighted by Gasteiger charge is 2.05. The third kappa shape index (κ3) is 2.33. The highest BCUT2D eigenvalue weighted by Crippen LogP contribution is 2.11. The Morgan fingerprint density at radius 1 is 1.50 bits per heavy atom. The number of nitrogens with two attached hydrogens (primary N) is 1. The van der Waals surface area contributed by atoms with Crippen molar-refractivity contribution in [1.29, 1.82) is 5.26 Å². The Bertz CT molecular complexity index is 370. The fourth-order valence-electron chi connectivity index (χ4n) is 0.802. The quantitative estimate of drug-likeness (QED) is 0.423. The molecule has 0 radical (unpaired) electrons. The van der Waals surface area contributed by atoms with Gasteiger partial charge in [0.25, 0.3) is 0 Å². The molecule has 0 fully saturated rings. The second-order valence-corrected chi connectivity index (χ2v) is 2.29. The van der Waals surface area contributed by atoms with E-state index >= 15 is 0 Å². The van der Waals surface area contributed by atoms with Gasteiger partial charge in [0, 0.05) is 0 Å². The molecule has 14 heavy (non-hydrogen) atoms. The predicted octanol–water partition coefficient (Wildman–Crippen LogP) is 0.362. The van der Waals surface area contributed by atoms with Crippen LogP contribution in [0.2, 0.25) is 0 Å². The SMILES string of the molecule is N#Cc1ccc(N(N)O[N+](=O)[O-])cc1. The highest BCUT2D eigenvalue weighted by atomic mass is 17.0. The lowest BCUT2D eigenvalue weighted by Gasteiger charge is -2.13. The van der Waals surface area contributed by atoms with Gasteiger partial charge in [-0.25, -0.2) is 5.84 Å². The van der Waals surface area contributed by atoms with Gasteiger partial charge in [-0.05, 0) is 24.3 Å². The van der Waals surface area contributed by atoms with Crippen molar-refractivity contribution < 1.29 is 10.0 Å². The molecule has 0 heterocycles. The Morgan fingerprint density at radius 2 is 2.07 bits per heavy atom. The van der Waals surface area contributed by atoms with E-state index in [9.17, 15) is 10.1 Å². The van der Waals surface area contributed by atoms with Crippen molar-refractivity contribution in [2.75, 3.05) is 5.17 Å². The molecule has 72 valence electrons. The van der Waals surface area contributed by atoms with Crippen molar-refractivity contribution in [2.45, 2.75) is 0 Å². The summed E-state index contributed by atoms with van der Waals surface area (Å²) in [5.41, 5.74) is 0.712. The average Bonchev–Trinajstić information content (AvgIpc) is 2.17. The van der Waals surface area contributed by atoms with Crippen LogP contribution in [0.5, 0.6) is 0 Å². The van der Waals surface area contributed by atoms with E-state index < -0.39 is 5.09 Å². The fraction of sp³-hybridized carbons (Fsp3) is 0. The number of nitrogens with zero attached hydrogens (tertiary/aromatic N) is 3. The number of nitriles is 1. The molecule has 0 saturated carbocycles. The molecule has 1 aromatic carbocycles. The molecule has 0 unspecified atom stereocenters. The summed E-state index contributed by atoms with van der Waals surface area (Å²) < 4.78 is 0. The minimum Gasteiger partial charge on any atom is -0.223 e. The van der Waals surface area contributed by atoms with Crippen LogP contribution in [-0.4, -0.2) is 5.09 Å². The van der Waals surface area contributed by atoms with E-state index in [2.05, 4.69) is 4.94 Å². The lowest BCUT2D eigenvalue weighted by atomic mass is 10.2. The van der Waals surface area contributed by atoms with Crippen molar-refractivity contribution in [2.24, 2.45) is 5.84 Å². The molecule has 0 spiro atoms. The van der Waals surface area contributed by atoms with Crippen LogP contribution in [0.1, 0.15) is 5.56 Å². The zero-order valence-corrected chi connectivity index (χ0v) is 6.95. The van der Waals surface area contributed by atoms with E-state index in [4.69, 9.17) is 11.1 Å². The summed E-state index contributed by atoms with van der Waals surface area (Å²) in [7, 11) is 0. The third-order valence-electron chi connectivity index (χ3n) is 1.41. The van der Waals surface area contributed by atoms with Crippen LogP contribution < -0.4 is 11.0 Å². The van der Waals surface area contributed by atoms with Gasteiger partial charge in [0.15, 0.2) is 0 Å². The topological polar surface area (TPSA) is 105 Å².